The van der Waals surface area contributed by atoms with E-state index in [0.29, 0.717) is 0 Å². The summed E-state index contributed by atoms with van der Waals surface area (Å²) in [5.74, 6) is -3.22. The van der Waals surface area contributed by atoms with Gasteiger partial charge in [-0.25, -0.2) is 4.98 Å². The molecule has 1 heterocycles. The molecule has 0 bridgehead atoms. The predicted molar refractivity (Wildman–Crippen MR) is 54.6 cm³/mol. The fourth-order valence-corrected chi connectivity index (χ4v) is 1.20. The standard InChI is InChI=1S/C9H11FN4O3/c1-3-6(8(12)15)14-7(10)5(13-3)2-4(11)9(16)17/h4H,2,11H2,1H3,(H2,12,15)(H,16,17). The zero-order valence-electron chi connectivity index (χ0n) is 8.98. The summed E-state index contributed by atoms with van der Waals surface area (Å²) in [6.07, 6.45) is -0.311. The van der Waals surface area contributed by atoms with Crippen LogP contribution in [0.1, 0.15) is 21.9 Å². The Morgan fingerprint density at radius 2 is 2.06 bits per heavy atom. The zero-order valence-corrected chi connectivity index (χ0v) is 8.98. The van der Waals surface area contributed by atoms with Gasteiger partial charge in [-0.1, -0.05) is 0 Å². The van der Waals surface area contributed by atoms with Gasteiger partial charge in [-0.05, 0) is 6.92 Å². The quantitative estimate of drug-likeness (QED) is 0.618. The van der Waals surface area contributed by atoms with Gasteiger partial charge < -0.3 is 16.6 Å². The molecule has 1 unspecified atom stereocenters. The van der Waals surface area contributed by atoms with Crippen LogP contribution in [0.2, 0.25) is 0 Å². The fourth-order valence-electron chi connectivity index (χ4n) is 1.20. The van der Waals surface area contributed by atoms with Crippen molar-refractivity contribution >= 4 is 11.9 Å². The number of rotatable bonds is 4. The number of hydrogen-bond donors (Lipinski definition) is 3. The number of carbonyl (C=O) groups is 2. The van der Waals surface area contributed by atoms with Crippen LogP contribution in [0.15, 0.2) is 0 Å². The summed E-state index contributed by atoms with van der Waals surface area (Å²) >= 11 is 0. The van der Waals surface area contributed by atoms with Crippen molar-refractivity contribution in [1.29, 1.82) is 0 Å². The van der Waals surface area contributed by atoms with Crippen molar-refractivity contribution in [1.82, 2.24) is 9.97 Å². The highest BCUT2D eigenvalue weighted by Gasteiger charge is 2.19. The molecule has 0 aliphatic carbocycles. The maximum Gasteiger partial charge on any atom is 0.320 e. The van der Waals surface area contributed by atoms with E-state index in [1.54, 1.807) is 0 Å². The molecule has 0 radical (unpaired) electrons. The third-order valence-electron chi connectivity index (χ3n) is 2.06. The number of carboxylic acid groups (broad SMARTS) is 1. The Morgan fingerprint density at radius 1 is 1.47 bits per heavy atom. The van der Waals surface area contributed by atoms with E-state index in [1.165, 1.54) is 6.92 Å². The SMILES string of the molecule is Cc1nc(CC(N)C(=O)O)c(F)nc1C(N)=O. The number of nitrogens with two attached hydrogens (primary N) is 2. The Hall–Kier alpha value is -2.09. The molecule has 8 heteroatoms. The van der Waals surface area contributed by atoms with Crippen LogP contribution in [0.3, 0.4) is 0 Å². The topological polar surface area (TPSA) is 132 Å². The van der Waals surface area contributed by atoms with Crippen LogP contribution in [0, 0.1) is 12.9 Å². The molecular weight excluding hydrogens is 231 g/mol. The first kappa shape index (κ1) is 13.0. The van der Waals surface area contributed by atoms with Crippen LogP contribution < -0.4 is 11.5 Å². The van der Waals surface area contributed by atoms with Crippen LogP contribution >= 0.6 is 0 Å². The van der Waals surface area contributed by atoms with Gasteiger partial charge in [0.25, 0.3) is 5.91 Å². The number of primary amides is 1. The van der Waals surface area contributed by atoms with Gasteiger partial charge in [-0.2, -0.15) is 4.39 Å². The molecule has 0 fully saturated rings. The van der Waals surface area contributed by atoms with Crippen molar-refractivity contribution in [3.8, 4) is 0 Å². The first-order valence-corrected chi connectivity index (χ1v) is 4.64. The van der Waals surface area contributed by atoms with Gasteiger partial charge in [0.2, 0.25) is 5.95 Å². The van der Waals surface area contributed by atoms with E-state index in [2.05, 4.69) is 9.97 Å². The van der Waals surface area contributed by atoms with Crippen molar-refractivity contribution in [2.24, 2.45) is 11.5 Å². The Morgan fingerprint density at radius 3 is 2.53 bits per heavy atom. The maximum absolute atomic E-state index is 13.4. The summed E-state index contributed by atoms with van der Waals surface area (Å²) in [5.41, 5.74) is 9.84. The van der Waals surface area contributed by atoms with Crippen LogP contribution in [0.25, 0.3) is 0 Å². The number of aliphatic carboxylic acids is 1. The molecule has 1 aromatic rings. The third kappa shape index (κ3) is 2.94. The number of carbonyl (C=O) groups excluding carboxylic acids is 1. The van der Waals surface area contributed by atoms with Gasteiger partial charge in [0.1, 0.15) is 6.04 Å². The van der Waals surface area contributed by atoms with E-state index in [1.807, 2.05) is 0 Å². The molecule has 17 heavy (non-hydrogen) atoms. The summed E-state index contributed by atoms with van der Waals surface area (Å²) in [5, 5.41) is 8.58. The molecule has 1 amide bonds. The van der Waals surface area contributed by atoms with E-state index < -0.39 is 23.9 Å². The van der Waals surface area contributed by atoms with Crippen LogP contribution in [0.4, 0.5) is 4.39 Å². The Labute approximate surface area is 95.7 Å². The first-order chi connectivity index (χ1) is 7.82. The fraction of sp³-hybridized carbons (Fsp3) is 0.333. The highest BCUT2D eigenvalue weighted by atomic mass is 19.1. The minimum Gasteiger partial charge on any atom is -0.480 e. The number of hydrogen-bond acceptors (Lipinski definition) is 5. The number of halogens is 1. The molecule has 0 aliphatic rings. The lowest BCUT2D eigenvalue weighted by molar-refractivity contribution is -0.138. The number of aryl methyl sites for hydroxylation is 1. The van der Waals surface area contributed by atoms with Crippen molar-refractivity contribution in [2.45, 2.75) is 19.4 Å². The molecule has 5 N–H and O–H groups in total. The summed E-state index contributed by atoms with van der Waals surface area (Å²) in [6, 6.07) is -1.28. The lowest BCUT2D eigenvalue weighted by Gasteiger charge is -2.08. The summed E-state index contributed by atoms with van der Waals surface area (Å²) < 4.78 is 13.4. The molecule has 0 spiro atoms. The van der Waals surface area contributed by atoms with E-state index in [4.69, 9.17) is 16.6 Å². The number of nitrogens with zero attached hydrogens (tertiary/aromatic N) is 2. The van der Waals surface area contributed by atoms with E-state index >= 15 is 0 Å². The highest BCUT2D eigenvalue weighted by molar-refractivity contribution is 5.91. The third-order valence-corrected chi connectivity index (χ3v) is 2.06. The van der Waals surface area contributed by atoms with Crippen molar-refractivity contribution < 1.29 is 19.1 Å². The summed E-state index contributed by atoms with van der Waals surface area (Å²) in [7, 11) is 0. The minimum absolute atomic E-state index is 0.131. The second-order valence-electron chi connectivity index (χ2n) is 3.41. The summed E-state index contributed by atoms with van der Waals surface area (Å²) in [4.78, 5) is 28.4. The monoisotopic (exact) mass is 242 g/mol. The Kier molecular flexibility index (Phi) is 3.69. The molecule has 0 saturated heterocycles. The van der Waals surface area contributed by atoms with Gasteiger partial charge in [0.15, 0.2) is 5.69 Å². The molecule has 1 rings (SSSR count). The molecule has 1 aromatic heterocycles. The minimum atomic E-state index is -1.28. The van der Waals surface area contributed by atoms with E-state index in [-0.39, 0.29) is 23.5 Å². The number of carboxylic acids is 1. The largest absolute Gasteiger partial charge is 0.480 e. The second-order valence-corrected chi connectivity index (χ2v) is 3.41. The van der Waals surface area contributed by atoms with Gasteiger partial charge in [-0.3, -0.25) is 14.6 Å². The Balaban J connectivity index is 3.08. The zero-order chi connectivity index (χ0) is 13.2. The van der Waals surface area contributed by atoms with Gasteiger partial charge in [-0.15, -0.1) is 0 Å². The molecule has 1 atom stereocenters. The van der Waals surface area contributed by atoms with Crippen LogP contribution in [0.5, 0.6) is 0 Å². The average molecular weight is 242 g/mol. The average Bonchev–Trinajstić information content (AvgIpc) is 2.22. The van der Waals surface area contributed by atoms with E-state index in [9.17, 15) is 14.0 Å². The van der Waals surface area contributed by atoms with Crippen molar-refractivity contribution in [2.75, 3.05) is 0 Å². The van der Waals surface area contributed by atoms with Gasteiger partial charge >= 0.3 is 5.97 Å². The predicted octanol–water partition coefficient (Wildman–Crippen LogP) is -1.02. The molecular formula is C9H11FN4O3. The van der Waals surface area contributed by atoms with Crippen molar-refractivity contribution in [3.63, 3.8) is 0 Å². The lowest BCUT2D eigenvalue weighted by Crippen LogP contribution is -2.33. The summed E-state index contributed by atoms with van der Waals surface area (Å²) in [6.45, 7) is 1.42. The van der Waals surface area contributed by atoms with Crippen LogP contribution in [-0.4, -0.2) is 33.0 Å². The molecule has 0 aliphatic heterocycles. The van der Waals surface area contributed by atoms with E-state index in [0.717, 1.165) is 0 Å². The second kappa shape index (κ2) is 4.83. The molecule has 0 aromatic carbocycles. The molecule has 0 saturated carbocycles. The number of amides is 1. The van der Waals surface area contributed by atoms with Gasteiger partial charge in [0, 0.05) is 6.42 Å². The maximum atomic E-state index is 13.4. The normalized spacial score (nSPS) is 12.2. The van der Waals surface area contributed by atoms with Crippen LogP contribution in [-0.2, 0) is 11.2 Å². The first-order valence-electron chi connectivity index (χ1n) is 4.64. The number of aromatic nitrogens is 2. The Bertz CT molecular complexity index is 478. The molecule has 7 nitrogen and oxygen atoms in total. The smallest absolute Gasteiger partial charge is 0.320 e. The van der Waals surface area contributed by atoms with Crippen molar-refractivity contribution in [3.05, 3.63) is 23.0 Å². The lowest BCUT2D eigenvalue weighted by atomic mass is 10.1. The molecule has 92 valence electrons. The van der Waals surface area contributed by atoms with Gasteiger partial charge in [0.05, 0.1) is 11.4 Å². The highest BCUT2D eigenvalue weighted by Crippen LogP contribution is 2.09.